The number of para-hydroxylation sites is 2. The first-order chi connectivity index (χ1) is 9.15. The van der Waals surface area contributed by atoms with Crippen LogP contribution in [0.4, 0.5) is 0 Å². The molecule has 5 heteroatoms. The van der Waals surface area contributed by atoms with E-state index in [2.05, 4.69) is 4.98 Å². The van der Waals surface area contributed by atoms with Gasteiger partial charge in [-0.25, -0.2) is 4.98 Å². The average molecular weight is 260 g/mol. The van der Waals surface area contributed by atoms with E-state index in [0.717, 1.165) is 23.3 Å². The molecule has 1 aromatic heterocycles. The van der Waals surface area contributed by atoms with E-state index in [0.29, 0.717) is 6.61 Å². The molecule has 2 atom stereocenters. The fourth-order valence-electron chi connectivity index (χ4n) is 2.70. The molecule has 1 aliphatic rings. The van der Waals surface area contributed by atoms with Crippen LogP contribution in [0.5, 0.6) is 0 Å². The van der Waals surface area contributed by atoms with E-state index in [4.69, 9.17) is 9.84 Å². The molecule has 1 aliphatic heterocycles. The molecule has 0 aliphatic carbocycles. The normalized spacial score (nSPS) is 23.0. The highest BCUT2D eigenvalue weighted by Gasteiger charge is 2.28. The standard InChI is InChI=1S/C14H16N2O3/c1-9-6-10(8-19-9)14-15-11-4-2-3-5-12(11)16(14)7-13(17)18/h2-5,9-10H,6-8H2,1H3,(H,17,18). The van der Waals surface area contributed by atoms with Crippen molar-refractivity contribution in [2.75, 3.05) is 6.61 Å². The monoisotopic (exact) mass is 260 g/mol. The highest BCUT2D eigenvalue weighted by Crippen LogP contribution is 2.30. The van der Waals surface area contributed by atoms with Crippen molar-refractivity contribution < 1.29 is 14.6 Å². The van der Waals surface area contributed by atoms with E-state index in [9.17, 15) is 4.79 Å². The molecule has 1 fully saturated rings. The highest BCUT2D eigenvalue weighted by atomic mass is 16.5. The molecule has 0 amide bonds. The number of imidazole rings is 1. The summed E-state index contributed by atoms with van der Waals surface area (Å²) in [5, 5.41) is 9.08. The predicted molar refractivity (Wildman–Crippen MR) is 70.1 cm³/mol. The molecule has 100 valence electrons. The number of ether oxygens (including phenoxy) is 1. The maximum Gasteiger partial charge on any atom is 0.323 e. The lowest BCUT2D eigenvalue weighted by atomic mass is 10.1. The van der Waals surface area contributed by atoms with Crippen LogP contribution >= 0.6 is 0 Å². The molecule has 3 rings (SSSR count). The van der Waals surface area contributed by atoms with Gasteiger partial charge >= 0.3 is 5.97 Å². The van der Waals surface area contributed by atoms with Crippen molar-refractivity contribution in [3.63, 3.8) is 0 Å². The van der Waals surface area contributed by atoms with Gasteiger partial charge in [0.1, 0.15) is 12.4 Å². The van der Waals surface area contributed by atoms with Gasteiger partial charge in [0.05, 0.1) is 23.7 Å². The van der Waals surface area contributed by atoms with Crippen LogP contribution in [-0.4, -0.2) is 33.3 Å². The van der Waals surface area contributed by atoms with Gasteiger partial charge in [-0.1, -0.05) is 12.1 Å². The molecular formula is C14H16N2O3. The first kappa shape index (κ1) is 12.2. The average Bonchev–Trinajstić information content (AvgIpc) is 2.94. The Balaban J connectivity index is 2.09. The molecular weight excluding hydrogens is 244 g/mol. The molecule has 1 aromatic carbocycles. The Morgan fingerprint density at radius 3 is 3.00 bits per heavy atom. The minimum absolute atomic E-state index is 0.0548. The van der Waals surface area contributed by atoms with Crippen molar-refractivity contribution in [3.05, 3.63) is 30.1 Å². The van der Waals surface area contributed by atoms with Crippen molar-refractivity contribution in [2.45, 2.75) is 31.9 Å². The van der Waals surface area contributed by atoms with E-state index < -0.39 is 5.97 Å². The van der Waals surface area contributed by atoms with Crippen LogP contribution in [0.2, 0.25) is 0 Å². The van der Waals surface area contributed by atoms with Crippen LogP contribution < -0.4 is 0 Å². The number of carboxylic acid groups (broad SMARTS) is 1. The first-order valence-electron chi connectivity index (χ1n) is 6.43. The second-order valence-corrected chi connectivity index (χ2v) is 5.02. The molecule has 1 N–H and O–H groups in total. The van der Waals surface area contributed by atoms with Crippen LogP contribution in [0.15, 0.2) is 24.3 Å². The predicted octanol–water partition coefficient (Wildman–Crippen LogP) is 2.01. The summed E-state index contributed by atoms with van der Waals surface area (Å²) < 4.78 is 7.37. The number of rotatable bonds is 3. The van der Waals surface area contributed by atoms with E-state index in [-0.39, 0.29) is 18.6 Å². The zero-order valence-electron chi connectivity index (χ0n) is 10.7. The van der Waals surface area contributed by atoms with Gasteiger partial charge in [0.15, 0.2) is 0 Å². The quantitative estimate of drug-likeness (QED) is 0.917. The van der Waals surface area contributed by atoms with Gasteiger partial charge in [0.25, 0.3) is 0 Å². The lowest BCUT2D eigenvalue weighted by molar-refractivity contribution is -0.137. The number of nitrogens with zero attached hydrogens (tertiary/aromatic N) is 2. The Bertz CT molecular complexity index is 620. The number of aromatic nitrogens is 2. The molecule has 0 saturated carbocycles. The first-order valence-corrected chi connectivity index (χ1v) is 6.43. The lowest BCUT2D eigenvalue weighted by Gasteiger charge is -2.10. The highest BCUT2D eigenvalue weighted by molar-refractivity contribution is 5.78. The van der Waals surface area contributed by atoms with Gasteiger partial charge in [-0.3, -0.25) is 4.79 Å². The summed E-state index contributed by atoms with van der Waals surface area (Å²) in [6.45, 7) is 2.59. The van der Waals surface area contributed by atoms with Crippen molar-refractivity contribution in [1.82, 2.24) is 9.55 Å². The number of benzene rings is 1. The minimum atomic E-state index is -0.851. The number of hydrogen-bond acceptors (Lipinski definition) is 3. The van der Waals surface area contributed by atoms with E-state index in [1.807, 2.05) is 31.2 Å². The molecule has 1 saturated heterocycles. The Kier molecular flexibility index (Phi) is 2.98. The summed E-state index contributed by atoms with van der Waals surface area (Å²) in [6.07, 6.45) is 1.10. The number of carbonyl (C=O) groups is 1. The van der Waals surface area contributed by atoms with Crippen molar-refractivity contribution in [3.8, 4) is 0 Å². The van der Waals surface area contributed by atoms with Crippen LogP contribution in [0.3, 0.4) is 0 Å². The Labute approximate surface area is 110 Å². The summed E-state index contributed by atoms with van der Waals surface area (Å²) in [6, 6.07) is 7.64. The third-order valence-electron chi connectivity index (χ3n) is 3.54. The van der Waals surface area contributed by atoms with E-state index in [1.54, 1.807) is 4.57 Å². The molecule has 2 unspecified atom stereocenters. The van der Waals surface area contributed by atoms with Crippen molar-refractivity contribution in [1.29, 1.82) is 0 Å². The van der Waals surface area contributed by atoms with Gasteiger partial charge in [-0.2, -0.15) is 0 Å². The second kappa shape index (κ2) is 4.66. The molecule has 0 radical (unpaired) electrons. The fraction of sp³-hybridized carbons (Fsp3) is 0.429. The molecule has 0 spiro atoms. The molecule has 2 aromatic rings. The van der Waals surface area contributed by atoms with Gasteiger partial charge < -0.3 is 14.4 Å². The van der Waals surface area contributed by atoms with Crippen molar-refractivity contribution >= 4 is 17.0 Å². The minimum Gasteiger partial charge on any atom is -0.480 e. The Morgan fingerprint density at radius 2 is 2.32 bits per heavy atom. The van der Waals surface area contributed by atoms with Crippen LogP contribution in [0.1, 0.15) is 25.1 Å². The van der Waals surface area contributed by atoms with Gasteiger partial charge in [-0.15, -0.1) is 0 Å². The number of carboxylic acids is 1. The molecule has 2 heterocycles. The summed E-state index contributed by atoms with van der Waals surface area (Å²) in [7, 11) is 0. The molecule has 5 nitrogen and oxygen atoms in total. The summed E-state index contributed by atoms with van der Waals surface area (Å²) in [4.78, 5) is 15.7. The summed E-state index contributed by atoms with van der Waals surface area (Å²) >= 11 is 0. The smallest absolute Gasteiger partial charge is 0.323 e. The van der Waals surface area contributed by atoms with Crippen LogP contribution in [0, 0.1) is 0 Å². The van der Waals surface area contributed by atoms with Crippen LogP contribution in [0.25, 0.3) is 11.0 Å². The van der Waals surface area contributed by atoms with Crippen LogP contribution in [-0.2, 0) is 16.1 Å². The summed E-state index contributed by atoms with van der Waals surface area (Å²) in [5.41, 5.74) is 1.72. The Hall–Kier alpha value is -1.88. The van der Waals surface area contributed by atoms with Crippen molar-refractivity contribution in [2.24, 2.45) is 0 Å². The fourth-order valence-corrected chi connectivity index (χ4v) is 2.70. The number of aliphatic carboxylic acids is 1. The zero-order valence-corrected chi connectivity index (χ0v) is 10.7. The molecule has 19 heavy (non-hydrogen) atoms. The largest absolute Gasteiger partial charge is 0.480 e. The topological polar surface area (TPSA) is 64.4 Å². The Morgan fingerprint density at radius 1 is 1.53 bits per heavy atom. The lowest BCUT2D eigenvalue weighted by Crippen LogP contribution is -2.15. The number of fused-ring (bicyclic) bond motifs is 1. The van der Waals surface area contributed by atoms with Gasteiger partial charge in [0.2, 0.25) is 0 Å². The maximum absolute atomic E-state index is 11.1. The number of hydrogen-bond donors (Lipinski definition) is 1. The zero-order chi connectivity index (χ0) is 13.4. The SMILES string of the molecule is CC1CC(c2nc3ccccc3n2CC(=O)O)CO1. The molecule has 0 bridgehead atoms. The third kappa shape index (κ3) is 2.21. The third-order valence-corrected chi connectivity index (χ3v) is 3.54. The summed E-state index contributed by atoms with van der Waals surface area (Å²) in [5.74, 6) is 0.158. The van der Waals surface area contributed by atoms with Gasteiger partial charge in [-0.05, 0) is 25.5 Å². The van der Waals surface area contributed by atoms with Gasteiger partial charge in [0, 0.05) is 5.92 Å². The maximum atomic E-state index is 11.1. The second-order valence-electron chi connectivity index (χ2n) is 5.02. The van der Waals surface area contributed by atoms with E-state index in [1.165, 1.54) is 0 Å². The van der Waals surface area contributed by atoms with E-state index >= 15 is 0 Å².